The first-order chi connectivity index (χ1) is 8.60. The van der Waals surface area contributed by atoms with Gasteiger partial charge in [-0.2, -0.15) is 0 Å². The van der Waals surface area contributed by atoms with Crippen molar-refractivity contribution in [2.75, 3.05) is 12.4 Å². The lowest BCUT2D eigenvalue weighted by molar-refractivity contribution is 0.412. The summed E-state index contributed by atoms with van der Waals surface area (Å²) in [6.45, 7) is 1.91. The van der Waals surface area contributed by atoms with Crippen LogP contribution in [0.2, 0.25) is 5.02 Å². The van der Waals surface area contributed by atoms with Crippen molar-refractivity contribution in [1.29, 1.82) is 0 Å². The van der Waals surface area contributed by atoms with E-state index in [0.717, 1.165) is 11.3 Å². The Morgan fingerprint density at radius 1 is 1.22 bits per heavy atom. The molecule has 0 radical (unpaired) electrons. The van der Waals surface area contributed by atoms with Crippen LogP contribution in [0.5, 0.6) is 5.75 Å². The predicted molar refractivity (Wildman–Crippen MR) is 72.4 cm³/mol. The van der Waals surface area contributed by atoms with Gasteiger partial charge in [-0.25, -0.2) is 4.39 Å². The van der Waals surface area contributed by atoms with E-state index in [2.05, 4.69) is 5.32 Å². The van der Waals surface area contributed by atoms with Gasteiger partial charge in [0.2, 0.25) is 0 Å². The number of benzene rings is 2. The molecule has 2 aromatic carbocycles. The lowest BCUT2D eigenvalue weighted by atomic mass is 10.2. The van der Waals surface area contributed by atoms with Gasteiger partial charge in [-0.3, -0.25) is 0 Å². The quantitative estimate of drug-likeness (QED) is 0.880. The van der Waals surface area contributed by atoms with Crippen molar-refractivity contribution >= 4 is 23.0 Å². The summed E-state index contributed by atoms with van der Waals surface area (Å²) in [4.78, 5) is 0. The van der Waals surface area contributed by atoms with Crippen LogP contribution in [0.3, 0.4) is 0 Å². The molecule has 0 saturated heterocycles. The molecule has 94 valence electrons. The van der Waals surface area contributed by atoms with E-state index in [1.54, 1.807) is 25.3 Å². The zero-order chi connectivity index (χ0) is 13.1. The van der Waals surface area contributed by atoms with Crippen LogP contribution in [-0.4, -0.2) is 7.11 Å². The first-order valence-corrected chi connectivity index (χ1v) is 5.84. The van der Waals surface area contributed by atoms with E-state index in [0.29, 0.717) is 16.4 Å². The van der Waals surface area contributed by atoms with E-state index in [-0.39, 0.29) is 5.82 Å². The summed E-state index contributed by atoms with van der Waals surface area (Å²) in [5, 5.41) is 3.63. The van der Waals surface area contributed by atoms with Gasteiger partial charge in [0.25, 0.3) is 0 Å². The van der Waals surface area contributed by atoms with Crippen LogP contribution in [-0.2, 0) is 0 Å². The number of halogens is 2. The largest absolute Gasteiger partial charge is 0.496 e. The standard InChI is InChI=1S/C14H13ClFNO/c1-9-6-12(15)13(8-14(9)18-2)17-11-5-3-4-10(16)7-11/h3-8,17H,1-2H3. The third-order valence-corrected chi connectivity index (χ3v) is 2.90. The summed E-state index contributed by atoms with van der Waals surface area (Å²) in [6, 6.07) is 9.80. The maximum Gasteiger partial charge on any atom is 0.125 e. The van der Waals surface area contributed by atoms with Crippen molar-refractivity contribution in [3.8, 4) is 5.75 Å². The highest BCUT2D eigenvalue weighted by molar-refractivity contribution is 6.33. The van der Waals surface area contributed by atoms with Gasteiger partial charge in [-0.1, -0.05) is 17.7 Å². The van der Waals surface area contributed by atoms with Crippen LogP contribution in [0, 0.1) is 12.7 Å². The van der Waals surface area contributed by atoms with Crippen LogP contribution in [0.1, 0.15) is 5.56 Å². The molecule has 0 heterocycles. The number of ether oxygens (including phenoxy) is 1. The molecule has 0 bridgehead atoms. The normalized spacial score (nSPS) is 10.2. The molecule has 18 heavy (non-hydrogen) atoms. The number of methoxy groups -OCH3 is 1. The molecule has 0 aliphatic rings. The second-order valence-corrected chi connectivity index (χ2v) is 4.34. The van der Waals surface area contributed by atoms with Crippen LogP contribution < -0.4 is 10.1 Å². The zero-order valence-corrected chi connectivity index (χ0v) is 10.9. The Bertz CT molecular complexity index is 572. The molecule has 0 aromatic heterocycles. The molecule has 0 saturated carbocycles. The summed E-state index contributed by atoms with van der Waals surface area (Å²) < 4.78 is 18.3. The van der Waals surface area contributed by atoms with Crippen LogP contribution >= 0.6 is 11.6 Å². The highest BCUT2D eigenvalue weighted by atomic mass is 35.5. The second-order valence-electron chi connectivity index (χ2n) is 3.94. The average molecular weight is 266 g/mol. The fourth-order valence-electron chi connectivity index (χ4n) is 1.69. The van der Waals surface area contributed by atoms with Gasteiger partial charge in [0.05, 0.1) is 17.8 Å². The Kier molecular flexibility index (Phi) is 3.72. The summed E-state index contributed by atoms with van der Waals surface area (Å²) >= 11 is 6.14. The fourth-order valence-corrected chi connectivity index (χ4v) is 1.96. The fraction of sp³-hybridized carbons (Fsp3) is 0.143. The van der Waals surface area contributed by atoms with Crippen molar-refractivity contribution in [2.45, 2.75) is 6.92 Å². The summed E-state index contributed by atoms with van der Waals surface area (Å²) in [5.74, 6) is 0.438. The van der Waals surface area contributed by atoms with Gasteiger partial charge in [0.15, 0.2) is 0 Å². The lowest BCUT2D eigenvalue weighted by Crippen LogP contribution is -1.95. The number of aryl methyl sites for hydroxylation is 1. The molecule has 1 N–H and O–H groups in total. The minimum atomic E-state index is -0.296. The van der Waals surface area contributed by atoms with Crippen LogP contribution in [0.15, 0.2) is 36.4 Å². The first kappa shape index (κ1) is 12.7. The first-order valence-electron chi connectivity index (χ1n) is 5.47. The monoisotopic (exact) mass is 265 g/mol. The lowest BCUT2D eigenvalue weighted by Gasteiger charge is -2.12. The smallest absolute Gasteiger partial charge is 0.125 e. The minimum absolute atomic E-state index is 0.296. The van der Waals surface area contributed by atoms with Gasteiger partial charge < -0.3 is 10.1 Å². The molecule has 0 spiro atoms. The molecule has 0 amide bonds. The summed E-state index contributed by atoms with van der Waals surface area (Å²) in [7, 11) is 1.60. The molecule has 0 unspecified atom stereocenters. The molecule has 0 atom stereocenters. The average Bonchev–Trinajstić information content (AvgIpc) is 2.33. The van der Waals surface area contributed by atoms with E-state index in [4.69, 9.17) is 16.3 Å². The van der Waals surface area contributed by atoms with Crippen molar-refractivity contribution in [3.05, 3.63) is 52.8 Å². The Morgan fingerprint density at radius 3 is 2.67 bits per heavy atom. The Morgan fingerprint density at radius 2 is 2.00 bits per heavy atom. The van der Waals surface area contributed by atoms with Crippen molar-refractivity contribution in [1.82, 2.24) is 0 Å². The SMILES string of the molecule is COc1cc(Nc2cccc(F)c2)c(Cl)cc1C. The van der Waals surface area contributed by atoms with Crippen LogP contribution in [0.25, 0.3) is 0 Å². The van der Waals surface area contributed by atoms with E-state index in [1.165, 1.54) is 12.1 Å². The van der Waals surface area contributed by atoms with Crippen molar-refractivity contribution in [2.24, 2.45) is 0 Å². The van der Waals surface area contributed by atoms with Crippen molar-refractivity contribution in [3.63, 3.8) is 0 Å². The maximum absolute atomic E-state index is 13.1. The van der Waals surface area contributed by atoms with Crippen LogP contribution in [0.4, 0.5) is 15.8 Å². The number of rotatable bonds is 3. The number of hydrogen-bond acceptors (Lipinski definition) is 2. The highest BCUT2D eigenvalue weighted by Crippen LogP contribution is 2.32. The number of anilines is 2. The van der Waals surface area contributed by atoms with E-state index >= 15 is 0 Å². The Hall–Kier alpha value is -1.74. The molecule has 4 heteroatoms. The zero-order valence-electron chi connectivity index (χ0n) is 10.1. The second kappa shape index (κ2) is 5.27. The Labute approximate surface area is 110 Å². The molecule has 0 fully saturated rings. The van der Waals surface area contributed by atoms with Gasteiger partial charge in [-0.05, 0) is 36.8 Å². The van der Waals surface area contributed by atoms with Gasteiger partial charge in [0, 0.05) is 11.8 Å². The third kappa shape index (κ3) is 2.74. The molecule has 0 aliphatic heterocycles. The van der Waals surface area contributed by atoms with Crippen molar-refractivity contribution < 1.29 is 9.13 Å². The maximum atomic E-state index is 13.1. The minimum Gasteiger partial charge on any atom is -0.496 e. The number of nitrogens with one attached hydrogen (secondary N) is 1. The van der Waals surface area contributed by atoms with Gasteiger partial charge in [0.1, 0.15) is 11.6 Å². The summed E-state index contributed by atoms with van der Waals surface area (Å²) in [5.41, 5.74) is 2.28. The van der Waals surface area contributed by atoms with Gasteiger partial charge in [-0.15, -0.1) is 0 Å². The topological polar surface area (TPSA) is 21.3 Å². The Balaban J connectivity index is 2.34. The molecule has 0 aliphatic carbocycles. The van der Waals surface area contributed by atoms with E-state index in [1.807, 2.05) is 13.0 Å². The summed E-state index contributed by atoms with van der Waals surface area (Å²) in [6.07, 6.45) is 0. The highest BCUT2D eigenvalue weighted by Gasteiger charge is 2.07. The number of hydrogen-bond donors (Lipinski definition) is 1. The predicted octanol–water partition coefficient (Wildman–Crippen LogP) is 4.54. The molecular weight excluding hydrogens is 253 g/mol. The third-order valence-electron chi connectivity index (χ3n) is 2.59. The molecule has 2 nitrogen and oxygen atoms in total. The van der Waals surface area contributed by atoms with E-state index in [9.17, 15) is 4.39 Å². The molecule has 2 rings (SSSR count). The van der Waals surface area contributed by atoms with E-state index < -0.39 is 0 Å². The molecular formula is C14H13ClFNO. The molecule has 2 aromatic rings. The van der Waals surface area contributed by atoms with Gasteiger partial charge >= 0.3 is 0 Å².